The molecule has 0 saturated carbocycles. The summed E-state index contributed by atoms with van der Waals surface area (Å²) in [6, 6.07) is 0. The third-order valence-electron chi connectivity index (χ3n) is 1.36. The maximum atomic E-state index is 10.8. The Morgan fingerprint density at radius 2 is 2.14 bits per heavy atom. The van der Waals surface area contributed by atoms with Crippen LogP contribution in [0.25, 0.3) is 0 Å². The van der Waals surface area contributed by atoms with Crippen molar-refractivity contribution >= 4 is 5.97 Å². The van der Waals surface area contributed by atoms with E-state index in [-0.39, 0.29) is 30.6 Å². The minimum Gasteiger partial charge on any atom is -1.00 e. The summed E-state index contributed by atoms with van der Waals surface area (Å²) in [4.78, 5) is 11.9. The molecule has 0 saturated heterocycles. The van der Waals surface area contributed by atoms with Crippen LogP contribution in [0, 0.1) is 0 Å². The van der Waals surface area contributed by atoms with Crippen molar-refractivity contribution in [2.24, 2.45) is 0 Å². The van der Waals surface area contributed by atoms with Crippen LogP contribution >= 0.6 is 0 Å². The number of likely N-dealkylation sites (N-methyl/N-ethyl adjacent to an activating group) is 1. The second-order valence-corrected chi connectivity index (χ2v) is 3.20. The van der Waals surface area contributed by atoms with Crippen LogP contribution in [0.5, 0.6) is 0 Å². The molecule has 0 aliphatic rings. The summed E-state index contributed by atoms with van der Waals surface area (Å²) in [5.41, 5.74) is 0. The van der Waals surface area contributed by atoms with E-state index in [0.29, 0.717) is 6.54 Å². The Balaban J connectivity index is 0. The summed E-state index contributed by atoms with van der Waals surface area (Å²) in [6.07, 6.45) is 2.35. The summed E-state index contributed by atoms with van der Waals surface area (Å²) in [6.45, 7) is 2.37. The molecule has 1 unspecified atom stereocenters. The smallest absolute Gasteiger partial charge is 0.330 e. The van der Waals surface area contributed by atoms with Gasteiger partial charge < -0.3 is 38.7 Å². The van der Waals surface area contributed by atoms with Gasteiger partial charge in [0.05, 0.1) is 14.1 Å². The molecule has 2 N–H and O–H groups in total. The largest absolute Gasteiger partial charge is 1.00 e. The van der Waals surface area contributed by atoms with Gasteiger partial charge in [-0.25, -0.2) is 4.79 Å². The molecule has 4 nitrogen and oxygen atoms in total. The van der Waals surface area contributed by atoms with Gasteiger partial charge in [0.1, 0.15) is 19.3 Å². The molecule has 5 heteroatoms. The van der Waals surface area contributed by atoms with Crippen molar-refractivity contribution in [2.45, 2.75) is 13.0 Å². The third kappa shape index (κ3) is 9.94. The third-order valence-corrected chi connectivity index (χ3v) is 1.36. The number of rotatable bonds is 5. The fourth-order valence-corrected chi connectivity index (χ4v) is 0.893. The number of hydrogen-bond acceptors (Lipinski definition) is 3. The van der Waals surface area contributed by atoms with Gasteiger partial charge in [0, 0.05) is 6.08 Å². The number of quaternary nitrogens is 1. The van der Waals surface area contributed by atoms with Crippen LogP contribution in [-0.4, -0.2) is 44.4 Å². The van der Waals surface area contributed by atoms with Crippen LogP contribution < -0.4 is 28.9 Å². The molecule has 0 radical (unpaired) electrons. The highest BCUT2D eigenvalue weighted by Crippen LogP contribution is 1.85. The van der Waals surface area contributed by atoms with Crippen molar-refractivity contribution in [1.29, 1.82) is 0 Å². The molecule has 14 heavy (non-hydrogen) atoms. The van der Waals surface area contributed by atoms with Crippen LogP contribution in [0.3, 0.4) is 0 Å². The standard InChI is InChI=1S/C9H17NO3.HI/c1-4-5-9(12)13-7-8(11)6-10(2)3;/h4-5,8,11H,6-7H2,1-3H3;1H. The number of esters is 1. The Labute approximate surface area is 102 Å². The molecule has 0 aromatic heterocycles. The molecular weight excluding hydrogens is 297 g/mol. The molecule has 0 aliphatic carbocycles. The summed E-state index contributed by atoms with van der Waals surface area (Å²) in [5.74, 6) is -0.407. The Morgan fingerprint density at radius 1 is 1.57 bits per heavy atom. The lowest BCUT2D eigenvalue weighted by molar-refractivity contribution is -0.861. The lowest BCUT2D eigenvalue weighted by Crippen LogP contribution is -3.07. The van der Waals surface area contributed by atoms with Crippen LogP contribution in [-0.2, 0) is 9.53 Å². The van der Waals surface area contributed by atoms with Gasteiger partial charge in [-0.2, -0.15) is 0 Å². The number of halogens is 1. The van der Waals surface area contributed by atoms with Crippen molar-refractivity contribution in [2.75, 3.05) is 27.2 Å². The quantitative estimate of drug-likeness (QED) is 0.306. The Morgan fingerprint density at radius 3 is 2.57 bits per heavy atom. The highest BCUT2D eigenvalue weighted by molar-refractivity contribution is 5.81. The Bertz CT molecular complexity index is 183. The van der Waals surface area contributed by atoms with Gasteiger partial charge in [-0.1, -0.05) is 6.08 Å². The van der Waals surface area contributed by atoms with E-state index >= 15 is 0 Å². The number of carbonyl (C=O) groups excluding carboxylic acids is 1. The summed E-state index contributed by atoms with van der Waals surface area (Å²) >= 11 is 0. The zero-order valence-corrected chi connectivity index (χ0v) is 10.9. The molecule has 0 heterocycles. The molecule has 0 rings (SSSR count). The second kappa shape index (κ2) is 9.42. The number of aliphatic hydroxyl groups is 1. The fourth-order valence-electron chi connectivity index (χ4n) is 0.893. The number of carbonyl (C=O) groups is 1. The van der Waals surface area contributed by atoms with Gasteiger partial charge in [0.15, 0.2) is 0 Å². The van der Waals surface area contributed by atoms with E-state index in [1.807, 2.05) is 14.1 Å². The zero-order valence-electron chi connectivity index (χ0n) is 8.79. The van der Waals surface area contributed by atoms with Crippen molar-refractivity contribution in [3.8, 4) is 0 Å². The number of ether oxygens (including phenoxy) is 1. The van der Waals surface area contributed by atoms with Gasteiger partial charge in [-0.15, -0.1) is 0 Å². The highest BCUT2D eigenvalue weighted by atomic mass is 127. The number of allylic oxidation sites excluding steroid dienone is 1. The summed E-state index contributed by atoms with van der Waals surface area (Å²) in [5, 5.41) is 9.31. The number of nitrogens with one attached hydrogen (secondary N) is 1. The first kappa shape index (κ1) is 16.3. The summed E-state index contributed by atoms with van der Waals surface area (Å²) in [7, 11) is 3.86. The molecule has 1 atom stereocenters. The predicted octanol–water partition coefficient (Wildman–Crippen LogP) is -4.38. The average Bonchev–Trinajstić information content (AvgIpc) is 2.00. The molecule has 0 aromatic carbocycles. The van der Waals surface area contributed by atoms with E-state index in [4.69, 9.17) is 4.74 Å². The maximum Gasteiger partial charge on any atom is 0.330 e. The van der Waals surface area contributed by atoms with Crippen molar-refractivity contribution in [1.82, 2.24) is 0 Å². The molecular formula is C9H18INO3. The van der Waals surface area contributed by atoms with E-state index in [2.05, 4.69) is 0 Å². The van der Waals surface area contributed by atoms with E-state index in [0.717, 1.165) is 4.90 Å². The zero-order chi connectivity index (χ0) is 10.3. The molecule has 0 fully saturated rings. The molecule has 0 amide bonds. The Hall–Kier alpha value is -0.140. The first-order valence-corrected chi connectivity index (χ1v) is 4.32. The van der Waals surface area contributed by atoms with E-state index in [9.17, 15) is 9.90 Å². The fraction of sp³-hybridized carbons (Fsp3) is 0.667. The first-order valence-electron chi connectivity index (χ1n) is 4.32. The van der Waals surface area contributed by atoms with Crippen molar-refractivity contribution in [3.63, 3.8) is 0 Å². The SMILES string of the molecule is CC=CC(=O)OCC(O)C[NH+](C)C.[I-]. The van der Waals surface area contributed by atoms with Crippen molar-refractivity contribution < 1.29 is 43.5 Å². The minimum atomic E-state index is -0.584. The average molecular weight is 315 g/mol. The number of aliphatic hydroxyl groups excluding tert-OH is 1. The van der Waals surface area contributed by atoms with E-state index in [1.54, 1.807) is 13.0 Å². The lowest BCUT2D eigenvalue weighted by atomic mass is 10.3. The van der Waals surface area contributed by atoms with Gasteiger partial charge >= 0.3 is 5.97 Å². The van der Waals surface area contributed by atoms with Crippen LogP contribution in [0.2, 0.25) is 0 Å². The monoisotopic (exact) mass is 315 g/mol. The molecule has 0 aliphatic heterocycles. The first-order chi connectivity index (χ1) is 6.06. The topological polar surface area (TPSA) is 51.0 Å². The van der Waals surface area contributed by atoms with E-state index in [1.165, 1.54) is 6.08 Å². The van der Waals surface area contributed by atoms with Crippen LogP contribution in [0.15, 0.2) is 12.2 Å². The normalized spacial score (nSPS) is 12.6. The second-order valence-electron chi connectivity index (χ2n) is 3.20. The van der Waals surface area contributed by atoms with Crippen molar-refractivity contribution in [3.05, 3.63) is 12.2 Å². The minimum absolute atomic E-state index is 0. The predicted molar refractivity (Wildman–Crippen MR) is 49.5 cm³/mol. The molecule has 0 aromatic rings. The molecule has 0 spiro atoms. The maximum absolute atomic E-state index is 10.8. The van der Waals surface area contributed by atoms with Gasteiger partial charge in [0.2, 0.25) is 0 Å². The molecule has 0 bridgehead atoms. The highest BCUT2D eigenvalue weighted by Gasteiger charge is 2.09. The van der Waals surface area contributed by atoms with E-state index < -0.39 is 12.1 Å². The lowest BCUT2D eigenvalue weighted by Gasteiger charge is -2.12. The number of hydrogen-bond donors (Lipinski definition) is 2. The van der Waals surface area contributed by atoms with Gasteiger partial charge in [-0.05, 0) is 6.92 Å². The van der Waals surface area contributed by atoms with Gasteiger partial charge in [-0.3, -0.25) is 0 Å². The van der Waals surface area contributed by atoms with Crippen LogP contribution in [0.4, 0.5) is 0 Å². The summed E-state index contributed by atoms with van der Waals surface area (Å²) < 4.78 is 4.76. The van der Waals surface area contributed by atoms with Crippen LogP contribution in [0.1, 0.15) is 6.92 Å². The molecule has 84 valence electrons. The Kier molecular flexibility index (Phi) is 11.0. The van der Waals surface area contributed by atoms with Gasteiger partial charge in [0.25, 0.3) is 0 Å².